The van der Waals surface area contributed by atoms with Gasteiger partial charge in [-0.05, 0) is 38.8 Å². The first-order valence-corrected chi connectivity index (χ1v) is 13.2. The Morgan fingerprint density at radius 1 is 1.11 bits per heavy atom. The van der Waals surface area contributed by atoms with Crippen molar-refractivity contribution < 1.29 is 4.79 Å². The van der Waals surface area contributed by atoms with Crippen LogP contribution in [0.2, 0.25) is 0 Å². The number of anilines is 4. The van der Waals surface area contributed by atoms with Crippen molar-refractivity contribution in [2.75, 3.05) is 60.2 Å². The summed E-state index contributed by atoms with van der Waals surface area (Å²) in [5.74, 6) is 7.52. The lowest BCUT2D eigenvalue weighted by molar-refractivity contribution is -0.117. The zero-order valence-corrected chi connectivity index (χ0v) is 21.3. The number of piperazine rings is 1. The lowest BCUT2D eigenvalue weighted by Gasteiger charge is -2.33. The van der Waals surface area contributed by atoms with Crippen LogP contribution >= 0.6 is 11.3 Å². The van der Waals surface area contributed by atoms with Crippen LogP contribution in [0.3, 0.4) is 0 Å². The maximum atomic E-state index is 13.1. The molecule has 3 fully saturated rings. The third-order valence-corrected chi connectivity index (χ3v) is 7.35. The topological polar surface area (TPSA) is 140 Å². The molecule has 1 atom stereocenters. The molecule has 2 aliphatic heterocycles. The van der Waals surface area contributed by atoms with Gasteiger partial charge in [-0.2, -0.15) is 15.0 Å². The molecule has 0 unspecified atom stereocenters. The first-order chi connectivity index (χ1) is 17.5. The van der Waals surface area contributed by atoms with Crippen LogP contribution in [0, 0.1) is 5.92 Å². The molecule has 1 aliphatic carbocycles. The fourth-order valence-corrected chi connectivity index (χ4v) is 5.01. The average Bonchev–Trinajstić information content (AvgIpc) is 3.36. The number of thiazole rings is 1. The fraction of sp³-hybridized carbons (Fsp3) is 0.522. The number of nitrogens with zero attached hydrogens (tertiary/aromatic N) is 7. The van der Waals surface area contributed by atoms with Crippen LogP contribution in [-0.4, -0.2) is 76.6 Å². The van der Waals surface area contributed by atoms with Crippen LogP contribution in [-0.2, 0) is 4.79 Å². The number of nitrogens with one attached hydrogen (secondary N) is 3. The molecule has 3 aliphatic rings. The van der Waals surface area contributed by atoms with Crippen molar-refractivity contribution in [3.63, 3.8) is 0 Å². The third-order valence-electron chi connectivity index (χ3n) is 6.66. The maximum absolute atomic E-state index is 13.1. The minimum atomic E-state index is -0.379. The summed E-state index contributed by atoms with van der Waals surface area (Å²) in [6.45, 7) is 8.29. The first kappa shape index (κ1) is 24.4. The summed E-state index contributed by atoms with van der Waals surface area (Å²) in [7, 11) is 2.11. The van der Waals surface area contributed by atoms with Gasteiger partial charge in [0.2, 0.25) is 23.8 Å². The first-order valence-electron chi connectivity index (χ1n) is 12.3. The summed E-state index contributed by atoms with van der Waals surface area (Å²) in [6.07, 6.45) is 7.40. The molecule has 0 radical (unpaired) electrons. The molecule has 0 spiro atoms. The van der Waals surface area contributed by atoms with Gasteiger partial charge in [-0.3, -0.25) is 10.6 Å². The van der Waals surface area contributed by atoms with Gasteiger partial charge in [-0.25, -0.2) is 4.98 Å². The minimum absolute atomic E-state index is 0.103. The Morgan fingerprint density at radius 3 is 2.58 bits per heavy atom. The van der Waals surface area contributed by atoms with Gasteiger partial charge in [0.05, 0.1) is 0 Å². The molecule has 36 heavy (non-hydrogen) atoms. The molecule has 1 amide bonds. The number of amides is 1. The monoisotopic (exact) mass is 511 g/mol. The molecule has 5 rings (SSSR count). The normalized spacial score (nSPS) is 20.9. The highest BCUT2D eigenvalue weighted by atomic mass is 32.1. The molecule has 0 bridgehead atoms. The molecule has 2 saturated heterocycles. The van der Waals surface area contributed by atoms with Gasteiger partial charge >= 0.3 is 0 Å². The zero-order chi connectivity index (χ0) is 25.1. The number of carbonyl (C=O) groups is 1. The Kier molecular flexibility index (Phi) is 7.30. The second-order valence-corrected chi connectivity index (χ2v) is 10.3. The van der Waals surface area contributed by atoms with E-state index < -0.39 is 0 Å². The van der Waals surface area contributed by atoms with Crippen LogP contribution in [0.15, 0.2) is 35.6 Å². The van der Waals surface area contributed by atoms with Gasteiger partial charge in [-0.1, -0.05) is 6.58 Å². The Bertz CT molecular complexity index is 1110. The highest BCUT2D eigenvalue weighted by Crippen LogP contribution is 2.35. The quantitative estimate of drug-likeness (QED) is 0.220. The summed E-state index contributed by atoms with van der Waals surface area (Å²) >= 11 is 1.40. The van der Waals surface area contributed by atoms with E-state index in [1.807, 2.05) is 16.4 Å². The van der Waals surface area contributed by atoms with E-state index in [9.17, 15) is 4.79 Å². The molecule has 2 aromatic rings. The SMILES string of the molecule is C=C(/C=C(\NN)C1CC1)Nc1nc(N2CCN(C)CC2)nc(N2CCC[C@H]2C(=O)Nc2nccs2)n1. The molecular formula is C23H33N11OS. The van der Waals surface area contributed by atoms with Gasteiger partial charge in [0.25, 0.3) is 0 Å². The van der Waals surface area contributed by atoms with Crippen molar-refractivity contribution in [3.05, 3.63) is 35.6 Å². The van der Waals surface area contributed by atoms with Crippen molar-refractivity contribution >= 4 is 40.2 Å². The molecule has 192 valence electrons. The van der Waals surface area contributed by atoms with E-state index in [0.717, 1.165) is 57.6 Å². The van der Waals surface area contributed by atoms with Crippen LogP contribution in [0.1, 0.15) is 25.7 Å². The van der Waals surface area contributed by atoms with E-state index in [1.54, 1.807) is 6.20 Å². The number of aromatic nitrogens is 4. The Balaban J connectivity index is 1.40. The highest BCUT2D eigenvalue weighted by Gasteiger charge is 2.34. The number of carbonyl (C=O) groups excluding carboxylic acids is 1. The highest BCUT2D eigenvalue weighted by molar-refractivity contribution is 7.13. The number of allylic oxidation sites excluding steroid dienone is 2. The van der Waals surface area contributed by atoms with E-state index in [4.69, 9.17) is 20.8 Å². The number of hydrogen-bond donors (Lipinski definition) is 4. The zero-order valence-electron chi connectivity index (χ0n) is 20.5. The van der Waals surface area contributed by atoms with E-state index in [-0.39, 0.29) is 11.9 Å². The van der Waals surface area contributed by atoms with Crippen molar-refractivity contribution in [3.8, 4) is 0 Å². The molecule has 12 nitrogen and oxygen atoms in total. The number of rotatable bonds is 9. The van der Waals surface area contributed by atoms with E-state index in [0.29, 0.717) is 41.1 Å². The van der Waals surface area contributed by atoms with Crippen molar-refractivity contribution in [1.29, 1.82) is 0 Å². The lowest BCUT2D eigenvalue weighted by atomic mass is 10.2. The third kappa shape index (κ3) is 5.74. The summed E-state index contributed by atoms with van der Waals surface area (Å²) in [6, 6.07) is -0.379. The van der Waals surface area contributed by atoms with Crippen LogP contribution in [0.25, 0.3) is 0 Å². The van der Waals surface area contributed by atoms with Gasteiger partial charge in [0, 0.05) is 61.6 Å². The Morgan fingerprint density at radius 2 is 1.89 bits per heavy atom. The average molecular weight is 512 g/mol. The minimum Gasteiger partial charge on any atom is -0.338 e. The van der Waals surface area contributed by atoms with Crippen molar-refractivity contribution in [1.82, 2.24) is 30.3 Å². The van der Waals surface area contributed by atoms with E-state index in [1.165, 1.54) is 11.3 Å². The largest absolute Gasteiger partial charge is 0.338 e. The van der Waals surface area contributed by atoms with Crippen LogP contribution < -0.4 is 31.7 Å². The molecule has 4 heterocycles. The molecular weight excluding hydrogens is 478 g/mol. The Labute approximate surface area is 214 Å². The predicted octanol–water partition coefficient (Wildman–Crippen LogP) is 1.37. The van der Waals surface area contributed by atoms with E-state index >= 15 is 0 Å². The molecule has 13 heteroatoms. The second-order valence-electron chi connectivity index (χ2n) is 9.40. The molecule has 1 saturated carbocycles. The predicted molar refractivity (Wildman–Crippen MR) is 142 cm³/mol. The van der Waals surface area contributed by atoms with Crippen LogP contribution in [0.5, 0.6) is 0 Å². The Hall–Kier alpha value is -3.29. The van der Waals surface area contributed by atoms with Gasteiger partial charge in [0.1, 0.15) is 6.04 Å². The van der Waals surface area contributed by atoms with Gasteiger partial charge in [-0.15, -0.1) is 11.3 Å². The molecule has 2 aromatic heterocycles. The number of nitrogens with two attached hydrogens (primary N) is 1. The van der Waals surface area contributed by atoms with Gasteiger partial charge < -0.3 is 30.8 Å². The number of hydrazine groups is 1. The number of hydrogen-bond acceptors (Lipinski definition) is 12. The fourth-order valence-electron chi connectivity index (χ4n) is 4.48. The van der Waals surface area contributed by atoms with E-state index in [2.05, 4.69) is 44.5 Å². The number of likely N-dealkylation sites (N-methyl/N-ethyl adjacent to an activating group) is 1. The summed E-state index contributed by atoms with van der Waals surface area (Å²) in [4.78, 5) is 37.9. The molecule has 0 aromatic carbocycles. The standard InChI is InChI=1S/C23H33N11OS/c1-15(14-17(31-24)16-5-6-16)26-20-28-21(33-11-9-32(2)10-12-33)30-22(29-20)34-8-3-4-18(34)19(35)27-23-25-7-13-36-23/h7,13-14,16,18,31H,1,3-6,8-12,24H2,2H3,(H,25,27,35)(H,26,28,29,30)/b17-14-/t18-/m0/s1. The second kappa shape index (κ2) is 10.8. The van der Waals surface area contributed by atoms with Crippen LogP contribution in [0.4, 0.5) is 23.0 Å². The lowest BCUT2D eigenvalue weighted by Crippen LogP contribution is -2.45. The van der Waals surface area contributed by atoms with Crippen molar-refractivity contribution in [2.45, 2.75) is 31.7 Å². The summed E-state index contributed by atoms with van der Waals surface area (Å²) in [5, 5.41) is 8.57. The van der Waals surface area contributed by atoms with Gasteiger partial charge in [0.15, 0.2) is 5.13 Å². The summed E-state index contributed by atoms with van der Waals surface area (Å²) in [5.41, 5.74) is 4.36. The van der Waals surface area contributed by atoms with Crippen molar-refractivity contribution in [2.24, 2.45) is 11.8 Å². The summed E-state index contributed by atoms with van der Waals surface area (Å²) < 4.78 is 0. The molecule has 5 N–H and O–H groups in total. The smallest absolute Gasteiger partial charge is 0.248 e. The maximum Gasteiger partial charge on any atom is 0.248 e.